The Labute approximate surface area is 129 Å². The van der Waals surface area contributed by atoms with E-state index < -0.39 is 10.8 Å². The van der Waals surface area contributed by atoms with Crippen LogP contribution in [-0.4, -0.2) is 25.2 Å². The molecule has 124 valence electrons. The lowest BCUT2D eigenvalue weighted by Crippen LogP contribution is -2.37. The highest BCUT2D eigenvalue weighted by molar-refractivity contribution is 5.80. The summed E-state index contributed by atoms with van der Waals surface area (Å²) in [5, 5.41) is 0. The Bertz CT molecular complexity index is 343. The Morgan fingerprint density at radius 3 is 1.86 bits per heavy atom. The second kappa shape index (κ2) is 8.40. The molecule has 0 fully saturated rings. The number of unbranched alkanes of at least 4 members (excludes halogenated alkanes) is 1. The summed E-state index contributed by atoms with van der Waals surface area (Å²) in [5.41, 5.74) is -1.41. The van der Waals surface area contributed by atoms with Gasteiger partial charge < -0.3 is 9.47 Å². The lowest BCUT2D eigenvalue weighted by Gasteiger charge is -2.31. The highest BCUT2D eigenvalue weighted by atomic mass is 16.5. The third-order valence-corrected chi connectivity index (χ3v) is 3.27. The van der Waals surface area contributed by atoms with E-state index in [4.69, 9.17) is 9.47 Å². The molecule has 0 heterocycles. The lowest BCUT2D eigenvalue weighted by molar-refractivity contribution is -0.162. The minimum atomic E-state index is -0.706. The first kappa shape index (κ1) is 19.9. The summed E-state index contributed by atoms with van der Waals surface area (Å²) < 4.78 is 10.6. The van der Waals surface area contributed by atoms with Gasteiger partial charge in [0, 0.05) is 0 Å². The van der Waals surface area contributed by atoms with Gasteiger partial charge in [0.2, 0.25) is 0 Å². The summed E-state index contributed by atoms with van der Waals surface area (Å²) in [6.45, 7) is 14.2. The van der Waals surface area contributed by atoms with Crippen molar-refractivity contribution in [1.29, 1.82) is 0 Å². The highest BCUT2D eigenvalue weighted by Gasteiger charge is 2.40. The van der Waals surface area contributed by atoms with Gasteiger partial charge in [-0.1, -0.05) is 27.2 Å². The standard InChI is InChI=1S/C17H32O4/c1-8-9-10-20-14(18)16(4,5)12-17(6,7)15(19)21-11-13(2)3/h13H,8-12H2,1-7H3. The molecule has 0 saturated carbocycles. The lowest BCUT2D eigenvalue weighted by atomic mass is 9.75. The van der Waals surface area contributed by atoms with Crippen LogP contribution in [0.2, 0.25) is 0 Å². The van der Waals surface area contributed by atoms with Gasteiger partial charge in [-0.3, -0.25) is 9.59 Å². The first-order chi connectivity index (χ1) is 9.53. The van der Waals surface area contributed by atoms with Crippen molar-refractivity contribution in [1.82, 2.24) is 0 Å². The number of carbonyl (C=O) groups is 2. The molecular weight excluding hydrogens is 268 g/mol. The molecule has 0 saturated heterocycles. The first-order valence-electron chi connectivity index (χ1n) is 7.87. The van der Waals surface area contributed by atoms with Crippen LogP contribution in [0.15, 0.2) is 0 Å². The van der Waals surface area contributed by atoms with Crippen LogP contribution in [0.5, 0.6) is 0 Å². The van der Waals surface area contributed by atoms with Gasteiger partial charge in [0.1, 0.15) is 0 Å². The van der Waals surface area contributed by atoms with E-state index in [1.165, 1.54) is 0 Å². The Balaban J connectivity index is 4.58. The van der Waals surface area contributed by atoms with Gasteiger partial charge in [-0.2, -0.15) is 0 Å². The molecule has 0 aromatic heterocycles. The van der Waals surface area contributed by atoms with Gasteiger partial charge in [0.25, 0.3) is 0 Å². The summed E-state index contributed by atoms with van der Waals surface area (Å²) in [6, 6.07) is 0. The van der Waals surface area contributed by atoms with Gasteiger partial charge in [-0.05, 0) is 46.5 Å². The molecule has 4 heteroatoms. The van der Waals surface area contributed by atoms with Crippen molar-refractivity contribution in [3.63, 3.8) is 0 Å². The van der Waals surface area contributed by atoms with E-state index in [2.05, 4.69) is 0 Å². The Kier molecular flexibility index (Phi) is 7.98. The molecule has 0 amide bonds. The van der Waals surface area contributed by atoms with Crippen molar-refractivity contribution >= 4 is 11.9 Å². The van der Waals surface area contributed by atoms with Gasteiger partial charge in [0.05, 0.1) is 24.0 Å². The number of hydrogen-bond acceptors (Lipinski definition) is 4. The van der Waals surface area contributed by atoms with E-state index >= 15 is 0 Å². The third-order valence-electron chi connectivity index (χ3n) is 3.27. The minimum Gasteiger partial charge on any atom is -0.465 e. The average Bonchev–Trinajstić information content (AvgIpc) is 2.34. The second-order valence-electron chi connectivity index (χ2n) is 7.43. The summed E-state index contributed by atoms with van der Waals surface area (Å²) in [6.07, 6.45) is 2.25. The molecule has 0 aromatic rings. The Morgan fingerprint density at radius 1 is 0.952 bits per heavy atom. The molecule has 0 radical (unpaired) electrons. The van der Waals surface area contributed by atoms with Crippen LogP contribution in [0.3, 0.4) is 0 Å². The van der Waals surface area contributed by atoms with Crippen LogP contribution in [0.1, 0.15) is 67.7 Å². The monoisotopic (exact) mass is 300 g/mol. The van der Waals surface area contributed by atoms with Crippen molar-refractivity contribution in [2.45, 2.75) is 67.7 Å². The number of esters is 2. The number of hydrogen-bond donors (Lipinski definition) is 0. The maximum absolute atomic E-state index is 12.2. The molecule has 0 unspecified atom stereocenters. The van der Waals surface area contributed by atoms with Crippen LogP contribution >= 0.6 is 0 Å². The Morgan fingerprint density at radius 2 is 1.43 bits per heavy atom. The predicted molar refractivity (Wildman–Crippen MR) is 83.8 cm³/mol. The number of rotatable bonds is 9. The molecule has 0 bridgehead atoms. The van der Waals surface area contributed by atoms with E-state index in [0.717, 1.165) is 12.8 Å². The molecule has 0 aliphatic carbocycles. The van der Waals surface area contributed by atoms with E-state index in [9.17, 15) is 9.59 Å². The zero-order valence-corrected chi connectivity index (χ0v) is 14.7. The van der Waals surface area contributed by atoms with Crippen molar-refractivity contribution in [3.05, 3.63) is 0 Å². The summed E-state index contributed by atoms with van der Waals surface area (Å²) >= 11 is 0. The van der Waals surface area contributed by atoms with Crippen molar-refractivity contribution < 1.29 is 19.1 Å². The number of ether oxygens (including phenoxy) is 2. The maximum atomic E-state index is 12.2. The fourth-order valence-corrected chi connectivity index (χ4v) is 2.19. The van der Waals surface area contributed by atoms with Gasteiger partial charge in [0.15, 0.2) is 0 Å². The van der Waals surface area contributed by atoms with Gasteiger partial charge >= 0.3 is 11.9 Å². The maximum Gasteiger partial charge on any atom is 0.311 e. The largest absolute Gasteiger partial charge is 0.465 e. The molecule has 0 aromatic carbocycles. The molecule has 0 atom stereocenters. The van der Waals surface area contributed by atoms with Crippen LogP contribution in [-0.2, 0) is 19.1 Å². The summed E-state index contributed by atoms with van der Waals surface area (Å²) in [5.74, 6) is -0.205. The highest BCUT2D eigenvalue weighted by Crippen LogP contribution is 2.35. The molecule has 0 rings (SSSR count). The van der Waals surface area contributed by atoms with E-state index in [-0.39, 0.29) is 11.9 Å². The van der Waals surface area contributed by atoms with Crippen LogP contribution in [0.25, 0.3) is 0 Å². The molecule has 21 heavy (non-hydrogen) atoms. The fourth-order valence-electron chi connectivity index (χ4n) is 2.19. The summed E-state index contributed by atoms with van der Waals surface area (Å²) in [4.78, 5) is 24.3. The SMILES string of the molecule is CCCCOC(=O)C(C)(C)CC(C)(C)C(=O)OCC(C)C. The van der Waals surface area contributed by atoms with Crippen molar-refractivity contribution in [3.8, 4) is 0 Å². The van der Waals surface area contributed by atoms with Crippen LogP contribution in [0, 0.1) is 16.7 Å². The van der Waals surface area contributed by atoms with Crippen LogP contribution < -0.4 is 0 Å². The minimum absolute atomic E-state index is 0.249. The van der Waals surface area contributed by atoms with E-state index in [1.807, 2.05) is 48.5 Å². The van der Waals surface area contributed by atoms with Crippen molar-refractivity contribution in [2.75, 3.05) is 13.2 Å². The quantitative estimate of drug-likeness (QED) is 0.477. The third kappa shape index (κ3) is 7.49. The molecule has 0 N–H and O–H groups in total. The molecule has 0 aliphatic heterocycles. The van der Waals surface area contributed by atoms with Gasteiger partial charge in [-0.15, -0.1) is 0 Å². The normalized spacial score (nSPS) is 12.4. The smallest absolute Gasteiger partial charge is 0.311 e. The fraction of sp³-hybridized carbons (Fsp3) is 0.882. The second-order valence-corrected chi connectivity index (χ2v) is 7.43. The molecule has 0 spiro atoms. The predicted octanol–water partition coefficient (Wildman–Crippen LogP) is 3.97. The van der Waals surface area contributed by atoms with E-state index in [1.54, 1.807) is 0 Å². The average molecular weight is 300 g/mol. The molecule has 0 aliphatic rings. The zero-order valence-electron chi connectivity index (χ0n) is 14.7. The zero-order chi connectivity index (χ0) is 16.7. The number of carbonyl (C=O) groups excluding carboxylic acids is 2. The van der Waals surface area contributed by atoms with Crippen LogP contribution in [0.4, 0.5) is 0 Å². The first-order valence-corrected chi connectivity index (χ1v) is 7.87. The van der Waals surface area contributed by atoms with E-state index in [0.29, 0.717) is 25.6 Å². The van der Waals surface area contributed by atoms with Crippen molar-refractivity contribution in [2.24, 2.45) is 16.7 Å². The molecule has 4 nitrogen and oxygen atoms in total. The topological polar surface area (TPSA) is 52.6 Å². The summed E-state index contributed by atoms with van der Waals surface area (Å²) in [7, 11) is 0. The van der Waals surface area contributed by atoms with Gasteiger partial charge in [-0.25, -0.2) is 0 Å². The molecular formula is C17H32O4. The Hall–Kier alpha value is -1.06.